The van der Waals surface area contributed by atoms with Crippen molar-refractivity contribution >= 4 is 17.3 Å². The minimum Gasteiger partial charge on any atom is -0.465 e. The lowest BCUT2D eigenvalue weighted by atomic mass is 10.1. The number of Topliss-reactive ketones (excluding diaryl/α,β-unsaturated/α-hetero) is 1. The van der Waals surface area contributed by atoms with Gasteiger partial charge in [0.1, 0.15) is 5.56 Å². The Bertz CT molecular complexity index is 743. The van der Waals surface area contributed by atoms with E-state index < -0.39 is 5.97 Å². The number of aromatic nitrogens is 1. The van der Waals surface area contributed by atoms with Gasteiger partial charge in [0.15, 0.2) is 17.3 Å². The van der Waals surface area contributed by atoms with Crippen LogP contribution < -0.4 is 0 Å². The van der Waals surface area contributed by atoms with Crippen LogP contribution in [0.5, 0.6) is 0 Å². The maximum atomic E-state index is 11.9. The summed E-state index contributed by atoms with van der Waals surface area (Å²) >= 11 is 0. The molecular formula is C17H17NO4. The summed E-state index contributed by atoms with van der Waals surface area (Å²) in [6.07, 6.45) is 0.280. The summed E-state index contributed by atoms with van der Waals surface area (Å²) < 4.78 is 10.3. The number of ketones is 1. The first-order chi connectivity index (χ1) is 10.5. The van der Waals surface area contributed by atoms with Crippen molar-refractivity contribution in [1.29, 1.82) is 0 Å². The molecule has 0 bridgehead atoms. The number of furan rings is 1. The van der Waals surface area contributed by atoms with Crippen LogP contribution in [0.4, 0.5) is 0 Å². The molecular weight excluding hydrogens is 282 g/mol. The molecule has 0 spiro atoms. The predicted molar refractivity (Wildman–Crippen MR) is 81.8 cm³/mol. The van der Waals surface area contributed by atoms with Gasteiger partial charge in [0.25, 0.3) is 0 Å². The van der Waals surface area contributed by atoms with Crippen LogP contribution in [0.3, 0.4) is 0 Å². The van der Waals surface area contributed by atoms with Gasteiger partial charge in [-0.2, -0.15) is 0 Å². The quantitative estimate of drug-likeness (QED) is 0.625. The third-order valence-corrected chi connectivity index (χ3v) is 3.20. The molecule has 5 heteroatoms. The van der Waals surface area contributed by atoms with Crippen LogP contribution in [-0.2, 0) is 4.74 Å². The van der Waals surface area contributed by atoms with E-state index in [9.17, 15) is 9.59 Å². The van der Waals surface area contributed by atoms with Gasteiger partial charge in [-0.1, -0.05) is 19.6 Å². The van der Waals surface area contributed by atoms with Crippen LogP contribution in [0, 0.1) is 6.92 Å². The Hall–Kier alpha value is -2.69. The highest BCUT2D eigenvalue weighted by atomic mass is 16.5. The number of carbonyl (C=O) groups is 2. The number of carbonyl (C=O) groups excluding carboxylic acids is 2. The molecule has 2 aromatic heterocycles. The number of hydrogen-bond donors (Lipinski definition) is 0. The summed E-state index contributed by atoms with van der Waals surface area (Å²) in [5.41, 5.74) is 2.00. The number of methoxy groups -OCH3 is 1. The fourth-order valence-corrected chi connectivity index (χ4v) is 2.02. The van der Waals surface area contributed by atoms with Gasteiger partial charge in [-0.25, -0.2) is 4.79 Å². The summed E-state index contributed by atoms with van der Waals surface area (Å²) in [7, 11) is 1.27. The Morgan fingerprint density at radius 3 is 2.68 bits per heavy atom. The van der Waals surface area contributed by atoms with Gasteiger partial charge in [-0.15, -0.1) is 0 Å². The van der Waals surface area contributed by atoms with Crippen LogP contribution in [0.1, 0.15) is 51.4 Å². The molecule has 0 aromatic carbocycles. The first kappa shape index (κ1) is 15.7. The molecule has 2 heterocycles. The van der Waals surface area contributed by atoms with Crippen LogP contribution in [0.2, 0.25) is 0 Å². The van der Waals surface area contributed by atoms with E-state index in [1.54, 1.807) is 13.0 Å². The second-order valence-corrected chi connectivity index (χ2v) is 4.76. The van der Waals surface area contributed by atoms with Gasteiger partial charge >= 0.3 is 5.97 Å². The van der Waals surface area contributed by atoms with Crippen molar-refractivity contribution in [1.82, 2.24) is 4.98 Å². The lowest BCUT2D eigenvalue weighted by Gasteiger charge is -2.05. The molecule has 0 fully saturated rings. The molecule has 0 unspecified atom stereocenters. The molecule has 114 valence electrons. The molecule has 0 saturated heterocycles. The van der Waals surface area contributed by atoms with Crippen molar-refractivity contribution in [2.24, 2.45) is 0 Å². The summed E-state index contributed by atoms with van der Waals surface area (Å²) in [5, 5.41) is 0. The van der Waals surface area contributed by atoms with Gasteiger partial charge in [0.05, 0.1) is 12.8 Å². The maximum Gasteiger partial charge on any atom is 0.341 e. The molecule has 2 aromatic rings. The van der Waals surface area contributed by atoms with Gasteiger partial charge in [-0.3, -0.25) is 9.78 Å². The van der Waals surface area contributed by atoms with Crippen LogP contribution >= 0.6 is 0 Å². The molecule has 0 aliphatic heterocycles. The lowest BCUT2D eigenvalue weighted by Crippen LogP contribution is -2.03. The molecule has 22 heavy (non-hydrogen) atoms. The van der Waals surface area contributed by atoms with Gasteiger partial charge in [0.2, 0.25) is 0 Å². The third kappa shape index (κ3) is 2.98. The lowest BCUT2D eigenvalue weighted by molar-refractivity contribution is 0.0599. The van der Waals surface area contributed by atoms with E-state index >= 15 is 0 Å². The summed E-state index contributed by atoms with van der Waals surface area (Å²) in [6, 6.07) is 6.85. The average Bonchev–Trinajstić information content (AvgIpc) is 2.97. The Labute approximate surface area is 128 Å². The predicted octanol–water partition coefficient (Wildman–Crippen LogP) is 3.42. The van der Waals surface area contributed by atoms with Crippen molar-refractivity contribution in [2.75, 3.05) is 7.11 Å². The van der Waals surface area contributed by atoms with E-state index in [0.717, 1.165) is 5.69 Å². The standard InChI is InChI=1S/C17H17NO4/c1-5-14(19)15-9-12(17(20)21-4)16(22-15)11(3)13-8-6-7-10(2)18-13/h6-9H,3,5H2,1-2,4H3. The SMILES string of the molecule is C=C(c1cccc(C)n1)c1oc(C(=O)CC)cc1C(=O)OC. The van der Waals surface area contributed by atoms with E-state index in [4.69, 9.17) is 9.15 Å². The third-order valence-electron chi connectivity index (χ3n) is 3.20. The molecule has 0 aliphatic carbocycles. The molecule has 0 radical (unpaired) electrons. The number of nitrogens with zero attached hydrogens (tertiary/aromatic N) is 1. The van der Waals surface area contributed by atoms with E-state index in [1.165, 1.54) is 13.2 Å². The van der Waals surface area contributed by atoms with E-state index in [0.29, 0.717) is 11.3 Å². The monoisotopic (exact) mass is 299 g/mol. The number of hydrogen-bond acceptors (Lipinski definition) is 5. The highest BCUT2D eigenvalue weighted by molar-refractivity contribution is 6.00. The number of ether oxygens (including phenoxy) is 1. The summed E-state index contributed by atoms with van der Waals surface area (Å²) in [6.45, 7) is 7.51. The molecule has 0 atom stereocenters. The van der Waals surface area contributed by atoms with Crippen molar-refractivity contribution in [3.63, 3.8) is 0 Å². The Morgan fingerprint density at radius 2 is 2.09 bits per heavy atom. The highest BCUT2D eigenvalue weighted by Crippen LogP contribution is 2.28. The average molecular weight is 299 g/mol. The molecule has 0 amide bonds. The smallest absolute Gasteiger partial charge is 0.341 e. The van der Waals surface area contributed by atoms with E-state index in [1.807, 2.05) is 19.1 Å². The van der Waals surface area contributed by atoms with Crippen molar-refractivity contribution in [3.05, 3.63) is 59.3 Å². The maximum absolute atomic E-state index is 11.9. The van der Waals surface area contributed by atoms with Crippen molar-refractivity contribution in [2.45, 2.75) is 20.3 Å². The minimum absolute atomic E-state index is 0.117. The topological polar surface area (TPSA) is 69.4 Å². The fourth-order valence-electron chi connectivity index (χ4n) is 2.02. The zero-order valence-corrected chi connectivity index (χ0v) is 12.8. The van der Waals surface area contributed by atoms with Gasteiger partial charge in [-0.05, 0) is 19.1 Å². The second-order valence-electron chi connectivity index (χ2n) is 4.76. The highest BCUT2D eigenvalue weighted by Gasteiger charge is 2.24. The van der Waals surface area contributed by atoms with Crippen LogP contribution in [0.25, 0.3) is 5.57 Å². The Kier molecular flexibility index (Phi) is 4.56. The first-order valence-corrected chi connectivity index (χ1v) is 6.86. The Balaban J connectivity index is 2.52. The first-order valence-electron chi connectivity index (χ1n) is 6.86. The Morgan fingerprint density at radius 1 is 1.36 bits per heavy atom. The molecule has 5 nitrogen and oxygen atoms in total. The zero-order valence-electron chi connectivity index (χ0n) is 12.8. The van der Waals surface area contributed by atoms with Crippen LogP contribution in [0.15, 0.2) is 35.3 Å². The van der Waals surface area contributed by atoms with Gasteiger partial charge < -0.3 is 9.15 Å². The summed E-state index contributed by atoms with van der Waals surface area (Å²) in [5.74, 6) is -0.447. The number of rotatable bonds is 5. The van der Waals surface area contributed by atoms with E-state index in [2.05, 4.69) is 11.6 Å². The number of esters is 1. The summed E-state index contributed by atoms with van der Waals surface area (Å²) in [4.78, 5) is 28.1. The largest absolute Gasteiger partial charge is 0.465 e. The van der Waals surface area contributed by atoms with Crippen molar-refractivity contribution in [3.8, 4) is 0 Å². The zero-order chi connectivity index (χ0) is 16.3. The van der Waals surface area contributed by atoms with E-state index in [-0.39, 0.29) is 29.3 Å². The molecule has 2 rings (SSSR count). The fraction of sp³-hybridized carbons (Fsp3) is 0.235. The minimum atomic E-state index is -0.581. The van der Waals surface area contributed by atoms with Crippen molar-refractivity contribution < 1.29 is 18.7 Å². The molecule has 0 N–H and O–H groups in total. The van der Waals surface area contributed by atoms with Gasteiger partial charge in [0, 0.05) is 23.8 Å². The number of pyridine rings is 1. The number of aryl methyl sites for hydroxylation is 1. The normalized spacial score (nSPS) is 10.3. The second kappa shape index (κ2) is 6.39. The van der Waals surface area contributed by atoms with Crippen LogP contribution in [-0.4, -0.2) is 23.8 Å². The molecule has 0 aliphatic rings. The molecule has 0 saturated carbocycles.